The second-order valence-corrected chi connectivity index (χ2v) is 3.20. The lowest BCUT2D eigenvalue weighted by Gasteiger charge is -2.03. The Balaban J connectivity index is 2.23. The highest BCUT2D eigenvalue weighted by Gasteiger charge is 2.08. The maximum atomic E-state index is 10.5. The van der Waals surface area contributed by atoms with Crippen LogP contribution in [0.3, 0.4) is 0 Å². The van der Waals surface area contributed by atoms with Crippen molar-refractivity contribution in [3.63, 3.8) is 0 Å². The summed E-state index contributed by atoms with van der Waals surface area (Å²) in [6, 6.07) is 5.47. The third-order valence-electron chi connectivity index (χ3n) is 2.08. The fourth-order valence-electron chi connectivity index (χ4n) is 1.34. The van der Waals surface area contributed by atoms with Crippen LogP contribution in [0, 0.1) is 0 Å². The minimum atomic E-state index is -0.851. The first-order valence-electron chi connectivity index (χ1n) is 4.79. The normalized spacial score (nSPS) is 10.2. The molecule has 0 aliphatic heterocycles. The van der Waals surface area contributed by atoms with E-state index in [0.29, 0.717) is 18.1 Å². The van der Waals surface area contributed by atoms with Crippen LogP contribution in [0.1, 0.15) is 12.2 Å². The summed E-state index contributed by atoms with van der Waals surface area (Å²) in [6.07, 6.45) is 3.56. The van der Waals surface area contributed by atoms with Crippen LogP contribution in [0.15, 0.2) is 30.7 Å². The first kappa shape index (κ1) is 10.3. The van der Waals surface area contributed by atoms with Crippen molar-refractivity contribution in [3.8, 4) is 5.82 Å². The van der Waals surface area contributed by atoms with Gasteiger partial charge in [0.25, 0.3) is 0 Å². The molecule has 0 bridgehead atoms. The zero-order chi connectivity index (χ0) is 11.4. The van der Waals surface area contributed by atoms with Gasteiger partial charge in [0.2, 0.25) is 0 Å². The predicted octanol–water partition coefficient (Wildman–Crippen LogP) is 0.680. The van der Waals surface area contributed by atoms with E-state index in [-0.39, 0.29) is 6.42 Å². The fraction of sp³-hybridized carbons (Fsp3) is 0.200. The van der Waals surface area contributed by atoms with Crippen molar-refractivity contribution in [2.45, 2.75) is 12.8 Å². The van der Waals surface area contributed by atoms with Gasteiger partial charge < -0.3 is 5.11 Å². The number of nitrogens with zero attached hydrogens (tertiary/aromatic N) is 4. The molecular weight excluding hydrogens is 208 g/mol. The minimum Gasteiger partial charge on any atom is -0.481 e. The van der Waals surface area contributed by atoms with Gasteiger partial charge in [0.05, 0.1) is 6.42 Å². The molecule has 0 atom stereocenters. The summed E-state index contributed by atoms with van der Waals surface area (Å²) in [7, 11) is 0. The van der Waals surface area contributed by atoms with Crippen LogP contribution < -0.4 is 0 Å². The maximum absolute atomic E-state index is 10.5. The van der Waals surface area contributed by atoms with Gasteiger partial charge in [0.15, 0.2) is 0 Å². The number of hydrogen-bond acceptors (Lipinski definition) is 4. The van der Waals surface area contributed by atoms with Crippen molar-refractivity contribution in [1.29, 1.82) is 0 Å². The Bertz CT molecular complexity index is 481. The SMILES string of the molecule is O=C(O)CCc1nncn1-c1ccccn1. The van der Waals surface area contributed by atoms with Gasteiger partial charge in [-0.25, -0.2) is 4.98 Å². The summed E-state index contributed by atoms with van der Waals surface area (Å²) in [4.78, 5) is 14.6. The zero-order valence-electron chi connectivity index (χ0n) is 8.45. The summed E-state index contributed by atoms with van der Waals surface area (Å²) in [5, 5.41) is 16.2. The largest absolute Gasteiger partial charge is 0.481 e. The first-order chi connectivity index (χ1) is 7.77. The van der Waals surface area contributed by atoms with Crippen LogP contribution in [0.2, 0.25) is 0 Å². The van der Waals surface area contributed by atoms with Crippen molar-refractivity contribution in [2.24, 2.45) is 0 Å². The standard InChI is InChI=1S/C10H10N4O2/c15-10(16)5-4-9-13-12-7-14(9)8-3-1-2-6-11-8/h1-3,6-7H,4-5H2,(H,15,16). The van der Waals surface area contributed by atoms with Gasteiger partial charge in [-0.2, -0.15) is 0 Å². The molecule has 6 heteroatoms. The third kappa shape index (κ3) is 2.22. The van der Waals surface area contributed by atoms with E-state index in [2.05, 4.69) is 15.2 Å². The van der Waals surface area contributed by atoms with E-state index in [1.54, 1.807) is 10.8 Å². The predicted molar refractivity (Wildman–Crippen MR) is 55.1 cm³/mol. The number of aliphatic carboxylic acids is 1. The summed E-state index contributed by atoms with van der Waals surface area (Å²) in [5.41, 5.74) is 0. The fourth-order valence-corrected chi connectivity index (χ4v) is 1.34. The van der Waals surface area contributed by atoms with Crippen LogP contribution in [0.4, 0.5) is 0 Å². The zero-order valence-corrected chi connectivity index (χ0v) is 8.45. The maximum Gasteiger partial charge on any atom is 0.303 e. The molecule has 16 heavy (non-hydrogen) atoms. The molecule has 0 amide bonds. The van der Waals surface area contributed by atoms with E-state index < -0.39 is 5.97 Å². The highest BCUT2D eigenvalue weighted by atomic mass is 16.4. The van der Waals surface area contributed by atoms with Gasteiger partial charge in [-0.1, -0.05) is 6.07 Å². The van der Waals surface area contributed by atoms with Crippen LogP contribution in [0.25, 0.3) is 5.82 Å². The van der Waals surface area contributed by atoms with Crippen molar-refractivity contribution in [2.75, 3.05) is 0 Å². The van der Waals surface area contributed by atoms with Gasteiger partial charge in [0, 0.05) is 12.6 Å². The van der Waals surface area contributed by atoms with E-state index in [1.807, 2.05) is 18.2 Å². The average molecular weight is 218 g/mol. The van der Waals surface area contributed by atoms with Gasteiger partial charge in [-0.3, -0.25) is 9.36 Å². The molecule has 6 nitrogen and oxygen atoms in total. The second kappa shape index (κ2) is 4.52. The smallest absolute Gasteiger partial charge is 0.303 e. The van der Waals surface area contributed by atoms with Crippen LogP contribution in [-0.2, 0) is 11.2 Å². The van der Waals surface area contributed by atoms with Crippen LogP contribution in [0.5, 0.6) is 0 Å². The average Bonchev–Trinajstić information content (AvgIpc) is 2.75. The Morgan fingerprint density at radius 3 is 3.00 bits per heavy atom. The highest BCUT2D eigenvalue weighted by Crippen LogP contribution is 2.07. The Kier molecular flexibility index (Phi) is 2.90. The number of hydrogen-bond donors (Lipinski definition) is 1. The quantitative estimate of drug-likeness (QED) is 0.816. The van der Waals surface area contributed by atoms with Gasteiger partial charge in [-0.05, 0) is 12.1 Å². The molecule has 0 aliphatic carbocycles. The van der Waals surface area contributed by atoms with E-state index >= 15 is 0 Å². The number of carboxylic acids is 1. The summed E-state index contributed by atoms with van der Waals surface area (Å²) in [6.45, 7) is 0. The number of aryl methyl sites for hydroxylation is 1. The van der Waals surface area contributed by atoms with E-state index in [4.69, 9.17) is 5.11 Å². The second-order valence-electron chi connectivity index (χ2n) is 3.20. The molecule has 0 saturated heterocycles. The van der Waals surface area contributed by atoms with Crippen LogP contribution >= 0.6 is 0 Å². The molecule has 82 valence electrons. The topological polar surface area (TPSA) is 80.9 Å². The van der Waals surface area contributed by atoms with Crippen LogP contribution in [-0.4, -0.2) is 30.8 Å². The Morgan fingerprint density at radius 2 is 2.31 bits per heavy atom. The van der Waals surface area contributed by atoms with Crippen molar-refractivity contribution in [1.82, 2.24) is 19.7 Å². The molecule has 0 aliphatic rings. The molecule has 0 fully saturated rings. The molecule has 2 aromatic rings. The first-order valence-corrected chi connectivity index (χ1v) is 4.79. The van der Waals surface area contributed by atoms with E-state index in [9.17, 15) is 4.79 Å². The molecular formula is C10H10N4O2. The monoisotopic (exact) mass is 218 g/mol. The molecule has 1 N–H and O–H groups in total. The van der Waals surface area contributed by atoms with Gasteiger partial charge in [0.1, 0.15) is 18.0 Å². The Hall–Kier alpha value is -2.24. The van der Waals surface area contributed by atoms with Crippen molar-refractivity contribution >= 4 is 5.97 Å². The Morgan fingerprint density at radius 1 is 1.44 bits per heavy atom. The lowest BCUT2D eigenvalue weighted by molar-refractivity contribution is -0.137. The number of carbonyl (C=O) groups is 1. The van der Waals surface area contributed by atoms with Gasteiger partial charge in [-0.15, -0.1) is 10.2 Å². The summed E-state index contributed by atoms with van der Waals surface area (Å²) < 4.78 is 1.68. The summed E-state index contributed by atoms with van der Waals surface area (Å²) >= 11 is 0. The molecule has 0 spiro atoms. The third-order valence-corrected chi connectivity index (χ3v) is 2.08. The molecule has 0 saturated carbocycles. The molecule has 2 heterocycles. The molecule has 0 aromatic carbocycles. The lowest BCUT2D eigenvalue weighted by Crippen LogP contribution is -2.05. The lowest BCUT2D eigenvalue weighted by atomic mass is 10.3. The summed E-state index contributed by atoms with van der Waals surface area (Å²) in [5.74, 6) is 0.435. The number of rotatable bonds is 4. The highest BCUT2D eigenvalue weighted by molar-refractivity contribution is 5.66. The number of pyridine rings is 1. The minimum absolute atomic E-state index is 0.0333. The molecule has 2 rings (SSSR count). The van der Waals surface area contributed by atoms with Gasteiger partial charge >= 0.3 is 5.97 Å². The van der Waals surface area contributed by atoms with E-state index in [0.717, 1.165) is 0 Å². The number of carboxylic acid groups (broad SMARTS) is 1. The van der Waals surface area contributed by atoms with Crippen molar-refractivity contribution in [3.05, 3.63) is 36.5 Å². The molecule has 0 radical (unpaired) electrons. The Labute approximate surface area is 91.6 Å². The van der Waals surface area contributed by atoms with Crippen molar-refractivity contribution < 1.29 is 9.90 Å². The molecule has 2 aromatic heterocycles. The number of aromatic nitrogens is 4. The van der Waals surface area contributed by atoms with E-state index in [1.165, 1.54) is 6.33 Å². The molecule has 0 unspecified atom stereocenters.